The normalized spacial score (nSPS) is 37.6. The lowest BCUT2D eigenvalue weighted by atomic mass is 9.68. The smallest absolute Gasteiger partial charge is 0.144 e. The summed E-state index contributed by atoms with van der Waals surface area (Å²) in [5.41, 5.74) is -0.209. The van der Waals surface area contributed by atoms with E-state index in [9.17, 15) is 4.79 Å². The summed E-state index contributed by atoms with van der Waals surface area (Å²) in [5, 5.41) is 0. The third kappa shape index (κ3) is 2.33. The van der Waals surface area contributed by atoms with Gasteiger partial charge in [-0.2, -0.15) is 0 Å². The van der Waals surface area contributed by atoms with E-state index < -0.39 is 0 Å². The monoisotopic (exact) mass is 222 g/mol. The molecule has 0 amide bonds. The fourth-order valence-electron chi connectivity index (χ4n) is 3.51. The first kappa shape index (κ1) is 12.1. The summed E-state index contributed by atoms with van der Waals surface area (Å²) >= 11 is 0. The standard InChI is InChI=1S/C15H26O/c1-14(2)8-5-6-11-10-12(11)7-9-15(3,4)13(14)16/h11-12H,5-10H2,1-4H3/t11-,12+/m1/s1. The number of ketones is 1. The van der Waals surface area contributed by atoms with E-state index in [1.807, 2.05) is 0 Å². The summed E-state index contributed by atoms with van der Waals surface area (Å²) in [6.45, 7) is 8.58. The zero-order valence-corrected chi connectivity index (χ0v) is 11.3. The van der Waals surface area contributed by atoms with E-state index in [0.29, 0.717) is 5.78 Å². The first-order valence-electron chi connectivity index (χ1n) is 6.88. The molecule has 0 radical (unpaired) electrons. The average Bonchev–Trinajstić information content (AvgIpc) is 2.91. The molecule has 2 fully saturated rings. The minimum atomic E-state index is -0.106. The molecule has 0 aromatic rings. The molecule has 16 heavy (non-hydrogen) atoms. The van der Waals surface area contributed by atoms with Gasteiger partial charge < -0.3 is 0 Å². The van der Waals surface area contributed by atoms with E-state index in [2.05, 4.69) is 27.7 Å². The highest BCUT2D eigenvalue weighted by atomic mass is 16.1. The van der Waals surface area contributed by atoms with Crippen molar-refractivity contribution < 1.29 is 4.79 Å². The fraction of sp³-hybridized carbons (Fsp3) is 0.933. The minimum absolute atomic E-state index is 0.103. The predicted octanol–water partition coefficient (Wildman–Crippen LogP) is 4.21. The van der Waals surface area contributed by atoms with Gasteiger partial charge in [0.25, 0.3) is 0 Å². The van der Waals surface area contributed by atoms with Crippen LogP contribution in [0.25, 0.3) is 0 Å². The van der Waals surface area contributed by atoms with Crippen molar-refractivity contribution in [3.05, 3.63) is 0 Å². The molecule has 2 aliphatic carbocycles. The SMILES string of the molecule is CC1(C)CCC[C@@H]2C[C@@H]2CCC(C)(C)C1=O. The molecule has 0 aromatic heterocycles. The van der Waals surface area contributed by atoms with Crippen molar-refractivity contribution in [3.8, 4) is 0 Å². The van der Waals surface area contributed by atoms with Crippen LogP contribution < -0.4 is 0 Å². The molecule has 1 heteroatoms. The Morgan fingerprint density at radius 1 is 0.938 bits per heavy atom. The van der Waals surface area contributed by atoms with Crippen molar-refractivity contribution in [2.75, 3.05) is 0 Å². The van der Waals surface area contributed by atoms with Crippen molar-refractivity contribution in [1.82, 2.24) is 0 Å². The second-order valence-electron chi connectivity index (χ2n) is 7.28. The van der Waals surface area contributed by atoms with Gasteiger partial charge in [-0.1, -0.05) is 40.5 Å². The van der Waals surface area contributed by atoms with Gasteiger partial charge in [-0.15, -0.1) is 0 Å². The molecule has 0 saturated heterocycles. The number of carbonyl (C=O) groups excluding carboxylic acids is 1. The van der Waals surface area contributed by atoms with Gasteiger partial charge in [-0.25, -0.2) is 0 Å². The summed E-state index contributed by atoms with van der Waals surface area (Å²) in [6, 6.07) is 0. The number of Topliss-reactive ketones (excluding diaryl/α,β-unsaturated/α-hetero) is 1. The average molecular weight is 222 g/mol. The highest BCUT2D eigenvalue weighted by Crippen LogP contribution is 2.49. The van der Waals surface area contributed by atoms with E-state index in [1.54, 1.807) is 0 Å². The van der Waals surface area contributed by atoms with E-state index in [0.717, 1.165) is 24.7 Å². The number of hydrogen-bond acceptors (Lipinski definition) is 1. The quantitative estimate of drug-likeness (QED) is 0.600. The van der Waals surface area contributed by atoms with Gasteiger partial charge in [0.2, 0.25) is 0 Å². The topological polar surface area (TPSA) is 17.1 Å². The van der Waals surface area contributed by atoms with Crippen LogP contribution in [0.1, 0.15) is 66.2 Å². The summed E-state index contributed by atoms with van der Waals surface area (Å²) in [7, 11) is 0. The molecule has 1 nitrogen and oxygen atoms in total. The molecule has 2 aliphatic rings. The molecular weight excluding hydrogens is 196 g/mol. The summed E-state index contributed by atoms with van der Waals surface area (Å²) in [4.78, 5) is 12.5. The fourth-order valence-corrected chi connectivity index (χ4v) is 3.51. The number of carbonyl (C=O) groups is 1. The molecule has 0 heterocycles. The van der Waals surface area contributed by atoms with Crippen molar-refractivity contribution in [2.24, 2.45) is 22.7 Å². The van der Waals surface area contributed by atoms with Crippen LogP contribution in [0, 0.1) is 22.7 Å². The molecule has 0 unspecified atom stereocenters. The Bertz CT molecular complexity index is 288. The van der Waals surface area contributed by atoms with Crippen LogP contribution in [0.15, 0.2) is 0 Å². The van der Waals surface area contributed by atoms with E-state index in [1.165, 1.54) is 25.7 Å². The first-order chi connectivity index (χ1) is 7.33. The Morgan fingerprint density at radius 2 is 1.50 bits per heavy atom. The van der Waals surface area contributed by atoms with Crippen LogP contribution in [-0.4, -0.2) is 5.78 Å². The molecule has 0 aliphatic heterocycles. The van der Waals surface area contributed by atoms with Gasteiger partial charge in [0.1, 0.15) is 5.78 Å². The molecule has 0 spiro atoms. The number of rotatable bonds is 0. The van der Waals surface area contributed by atoms with Crippen molar-refractivity contribution in [2.45, 2.75) is 66.2 Å². The number of fused-ring (bicyclic) bond motifs is 1. The van der Waals surface area contributed by atoms with Crippen LogP contribution in [-0.2, 0) is 4.79 Å². The second-order valence-corrected chi connectivity index (χ2v) is 7.28. The molecule has 0 N–H and O–H groups in total. The zero-order chi connectivity index (χ0) is 12.0. The lowest BCUT2D eigenvalue weighted by Gasteiger charge is -2.34. The van der Waals surface area contributed by atoms with Crippen LogP contribution in [0.4, 0.5) is 0 Å². The third-order valence-corrected chi connectivity index (χ3v) is 4.82. The predicted molar refractivity (Wildman–Crippen MR) is 67.3 cm³/mol. The van der Waals surface area contributed by atoms with E-state index >= 15 is 0 Å². The highest BCUT2D eigenvalue weighted by molar-refractivity contribution is 5.89. The highest BCUT2D eigenvalue weighted by Gasteiger charge is 2.43. The van der Waals surface area contributed by atoms with Gasteiger partial charge in [0.15, 0.2) is 0 Å². The Hall–Kier alpha value is -0.330. The molecule has 92 valence electrons. The molecule has 2 atom stereocenters. The molecular formula is C15H26O. The van der Waals surface area contributed by atoms with Gasteiger partial charge in [-0.3, -0.25) is 4.79 Å². The summed E-state index contributed by atoms with van der Waals surface area (Å²) in [5.74, 6) is 2.44. The maximum Gasteiger partial charge on any atom is 0.144 e. The van der Waals surface area contributed by atoms with Crippen molar-refractivity contribution >= 4 is 5.78 Å². The van der Waals surface area contributed by atoms with Crippen LogP contribution >= 0.6 is 0 Å². The second kappa shape index (κ2) is 3.85. The van der Waals surface area contributed by atoms with Gasteiger partial charge in [0, 0.05) is 10.8 Å². The lowest BCUT2D eigenvalue weighted by Crippen LogP contribution is -2.37. The molecule has 2 rings (SSSR count). The molecule has 0 bridgehead atoms. The van der Waals surface area contributed by atoms with Crippen molar-refractivity contribution in [1.29, 1.82) is 0 Å². The Labute approximate surface area is 100.0 Å². The lowest BCUT2D eigenvalue weighted by molar-refractivity contribution is -0.136. The molecule has 0 aromatic carbocycles. The number of hydrogen-bond donors (Lipinski definition) is 0. The van der Waals surface area contributed by atoms with Crippen LogP contribution in [0.5, 0.6) is 0 Å². The van der Waals surface area contributed by atoms with Crippen LogP contribution in [0.3, 0.4) is 0 Å². The zero-order valence-electron chi connectivity index (χ0n) is 11.3. The molecule has 2 saturated carbocycles. The van der Waals surface area contributed by atoms with Gasteiger partial charge in [0.05, 0.1) is 0 Å². The van der Waals surface area contributed by atoms with Gasteiger partial charge >= 0.3 is 0 Å². The largest absolute Gasteiger partial charge is 0.299 e. The summed E-state index contributed by atoms with van der Waals surface area (Å²) < 4.78 is 0. The van der Waals surface area contributed by atoms with E-state index in [4.69, 9.17) is 0 Å². The third-order valence-electron chi connectivity index (χ3n) is 4.82. The Morgan fingerprint density at radius 3 is 2.19 bits per heavy atom. The summed E-state index contributed by atoms with van der Waals surface area (Å²) in [6.07, 6.45) is 7.50. The maximum atomic E-state index is 12.5. The Balaban J connectivity index is 2.12. The first-order valence-corrected chi connectivity index (χ1v) is 6.88. The minimum Gasteiger partial charge on any atom is -0.299 e. The maximum absolute atomic E-state index is 12.5. The van der Waals surface area contributed by atoms with E-state index in [-0.39, 0.29) is 10.8 Å². The van der Waals surface area contributed by atoms with Crippen LogP contribution in [0.2, 0.25) is 0 Å². The van der Waals surface area contributed by atoms with Gasteiger partial charge in [-0.05, 0) is 37.5 Å². The van der Waals surface area contributed by atoms with Crippen molar-refractivity contribution in [3.63, 3.8) is 0 Å². The Kier molecular flexibility index (Phi) is 2.92.